The van der Waals surface area contributed by atoms with Crippen molar-refractivity contribution in [2.75, 3.05) is 11.0 Å². The lowest BCUT2D eigenvalue weighted by atomic mass is 10.0. The van der Waals surface area contributed by atoms with Gasteiger partial charge in [0.05, 0.1) is 24.1 Å². The summed E-state index contributed by atoms with van der Waals surface area (Å²) >= 11 is 0. The molecule has 30 heavy (non-hydrogen) atoms. The van der Waals surface area contributed by atoms with Crippen LogP contribution in [0.1, 0.15) is 24.2 Å². The van der Waals surface area contributed by atoms with Crippen LogP contribution in [0.25, 0.3) is 0 Å². The van der Waals surface area contributed by atoms with Crippen LogP contribution in [0.2, 0.25) is 0 Å². The van der Waals surface area contributed by atoms with Crippen molar-refractivity contribution in [3.63, 3.8) is 0 Å². The zero-order valence-corrected chi connectivity index (χ0v) is 16.9. The predicted octanol–water partition coefficient (Wildman–Crippen LogP) is 2.74. The monoisotopic (exact) mass is 446 g/mol. The van der Waals surface area contributed by atoms with Crippen molar-refractivity contribution in [2.45, 2.75) is 31.9 Å². The maximum Gasteiger partial charge on any atom is 0.471 e. The van der Waals surface area contributed by atoms with Gasteiger partial charge in [-0.15, -0.1) is 0 Å². The number of rotatable bonds is 8. The van der Waals surface area contributed by atoms with Crippen molar-refractivity contribution in [1.29, 1.82) is 0 Å². The normalized spacial score (nSPS) is 13.9. The molecular weight excluding hydrogens is 425 g/mol. The van der Waals surface area contributed by atoms with Gasteiger partial charge in [-0.25, -0.2) is 8.42 Å². The van der Waals surface area contributed by atoms with Crippen molar-refractivity contribution in [2.24, 2.45) is 0 Å². The maximum atomic E-state index is 12.4. The lowest BCUT2D eigenvalue weighted by Gasteiger charge is -2.22. The van der Waals surface area contributed by atoms with Crippen LogP contribution >= 0.6 is 0 Å². The molecule has 164 valence electrons. The van der Waals surface area contributed by atoms with Gasteiger partial charge >= 0.3 is 12.1 Å². The molecule has 7 nitrogen and oxygen atoms in total. The van der Waals surface area contributed by atoms with Crippen LogP contribution in [0.15, 0.2) is 48.5 Å². The van der Waals surface area contributed by atoms with E-state index in [1.165, 1.54) is 25.1 Å². The average Bonchev–Trinajstić information content (AvgIpc) is 2.65. The first-order valence-electron chi connectivity index (χ1n) is 8.71. The van der Waals surface area contributed by atoms with E-state index in [1.54, 1.807) is 5.32 Å². The third-order valence-electron chi connectivity index (χ3n) is 3.97. The van der Waals surface area contributed by atoms with E-state index in [0.717, 1.165) is 11.8 Å². The number of sulfonamides is 1. The van der Waals surface area contributed by atoms with Gasteiger partial charge in [-0.3, -0.25) is 9.52 Å². The molecule has 0 aromatic heterocycles. The minimum atomic E-state index is -5.09. The lowest BCUT2D eigenvalue weighted by molar-refractivity contribution is -0.175. The first-order chi connectivity index (χ1) is 13.9. The molecule has 11 heteroatoms. The van der Waals surface area contributed by atoms with Crippen LogP contribution in [-0.2, 0) is 21.4 Å². The zero-order chi connectivity index (χ0) is 22.5. The van der Waals surface area contributed by atoms with Gasteiger partial charge in [-0.1, -0.05) is 36.4 Å². The molecular formula is C19H21F3N2O5S. The number of carbonyl (C=O) groups is 1. The van der Waals surface area contributed by atoms with E-state index >= 15 is 0 Å². The number of amides is 1. The molecule has 0 spiro atoms. The highest BCUT2D eigenvalue weighted by atomic mass is 32.2. The van der Waals surface area contributed by atoms with Crippen molar-refractivity contribution in [3.05, 3.63) is 59.7 Å². The SMILES string of the molecule is C[C@H](NC(=O)C(F)(F)F)[C@@H](O)c1ccc(OCc2ccccc2)c(NS(C)(=O)=O)c1. The lowest BCUT2D eigenvalue weighted by Crippen LogP contribution is -2.44. The number of hydrogen-bond acceptors (Lipinski definition) is 5. The van der Waals surface area contributed by atoms with Gasteiger partial charge < -0.3 is 15.2 Å². The summed E-state index contributed by atoms with van der Waals surface area (Å²) in [5.74, 6) is -2.03. The van der Waals surface area contributed by atoms with E-state index < -0.39 is 34.3 Å². The molecule has 0 aliphatic heterocycles. The summed E-state index contributed by atoms with van der Waals surface area (Å²) in [5, 5.41) is 12.0. The summed E-state index contributed by atoms with van der Waals surface area (Å²) in [4.78, 5) is 11.1. The number of alkyl halides is 3. The highest BCUT2D eigenvalue weighted by molar-refractivity contribution is 7.92. The molecule has 0 unspecified atom stereocenters. The molecule has 0 radical (unpaired) electrons. The van der Waals surface area contributed by atoms with Crippen LogP contribution < -0.4 is 14.8 Å². The molecule has 2 atom stereocenters. The van der Waals surface area contributed by atoms with Gasteiger partial charge in [-0.2, -0.15) is 13.2 Å². The van der Waals surface area contributed by atoms with E-state index in [0.29, 0.717) is 0 Å². The Morgan fingerprint density at radius 3 is 2.37 bits per heavy atom. The standard InChI is InChI=1S/C19H21F3N2O5S/c1-12(23-18(26)19(20,21)22)17(25)14-8-9-16(15(10-14)24-30(2,27)28)29-11-13-6-4-3-5-7-13/h3-10,12,17,24-25H,11H2,1-2H3,(H,23,26)/t12-,17+/m0/s1. The van der Waals surface area contributed by atoms with Crippen LogP contribution in [-0.4, -0.2) is 37.9 Å². The summed E-state index contributed by atoms with van der Waals surface area (Å²) in [6, 6.07) is 11.8. The molecule has 1 amide bonds. The van der Waals surface area contributed by atoms with Gasteiger partial charge in [0.25, 0.3) is 0 Å². The van der Waals surface area contributed by atoms with Crippen LogP contribution in [0.3, 0.4) is 0 Å². The minimum Gasteiger partial charge on any atom is -0.487 e. The average molecular weight is 446 g/mol. The summed E-state index contributed by atoms with van der Waals surface area (Å²) in [6.07, 6.45) is -5.70. The third-order valence-corrected chi connectivity index (χ3v) is 4.56. The molecule has 2 rings (SSSR count). The van der Waals surface area contributed by atoms with Crippen molar-refractivity contribution >= 4 is 21.6 Å². The number of carbonyl (C=O) groups excluding carboxylic acids is 1. The second-order valence-corrected chi connectivity index (χ2v) is 8.36. The van der Waals surface area contributed by atoms with Crippen molar-refractivity contribution in [3.8, 4) is 5.75 Å². The Bertz CT molecular complexity index is 981. The van der Waals surface area contributed by atoms with Crippen LogP contribution in [0.4, 0.5) is 18.9 Å². The van der Waals surface area contributed by atoms with Crippen molar-refractivity contribution in [1.82, 2.24) is 5.32 Å². The first-order valence-corrected chi connectivity index (χ1v) is 10.6. The predicted molar refractivity (Wildman–Crippen MR) is 104 cm³/mol. The van der Waals surface area contributed by atoms with E-state index in [4.69, 9.17) is 4.74 Å². The van der Waals surface area contributed by atoms with Gasteiger partial charge in [-0.05, 0) is 30.2 Å². The van der Waals surface area contributed by atoms with Gasteiger partial charge in [0.1, 0.15) is 12.4 Å². The molecule has 0 bridgehead atoms. The van der Waals surface area contributed by atoms with E-state index in [9.17, 15) is 31.5 Å². The largest absolute Gasteiger partial charge is 0.487 e. The Hall–Kier alpha value is -2.79. The molecule has 0 heterocycles. The number of nitrogens with one attached hydrogen (secondary N) is 2. The fourth-order valence-electron chi connectivity index (χ4n) is 2.53. The van der Waals surface area contributed by atoms with Gasteiger partial charge in [0, 0.05) is 0 Å². The zero-order valence-electron chi connectivity index (χ0n) is 16.1. The molecule has 0 saturated heterocycles. The van der Waals surface area contributed by atoms with E-state index in [2.05, 4.69) is 4.72 Å². The number of anilines is 1. The smallest absolute Gasteiger partial charge is 0.471 e. The van der Waals surface area contributed by atoms with Crippen LogP contribution in [0, 0.1) is 0 Å². The number of halogens is 3. The second kappa shape index (κ2) is 9.35. The quantitative estimate of drug-likeness (QED) is 0.579. The summed E-state index contributed by atoms with van der Waals surface area (Å²) < 4.78 is 68.5. The molecule has 2 aromatic carbocycles. The number of hydrogen-bond donors (Lipinski definition) is 3. The number of aliphatic hydroxyl groups is 1. The molecule has 0 saturated carbocycles. The van der Waals surface area contributed by atoms with Crippen molar-refractivity contribution < 1.29 is 36.2 Å². The van der Waals surface area contributed by atoms with E-state index in [1.807, 2.05) is 30.3 Å². The number of ether oxygens (including phenoxy) is 1. The molecule has 3 N–H and O–H groups in total. The highest BCUT2D eigenvalue weighted by Crippen LogP contribution is 2.31. The Morgan fingerprint density at radius 2 is 1.80 bits per heavy atom. The Labute approximate surface area is 171 Å². The fraction of sp³-hybridized carbons (Fsp3) is 0.316. The first kappa shape index (κ1) is 23.5. The highest BCUT2D eigenvalue weighted by Gasteiger charge is 2.40. The van der Waals surface area contributed by atoms with Gasteiger partial charge in [0.15, 0.2) is 0 Å². The van der Waals surface area contributed by atoms with Crippen LogP contribution in [0.5, 0.6) is 5.75 Å². The minimum absolute atomic E-state index is 0.000621. The third kappa shape index (κ3) is 6.92. The molecule has 0 fully saturated rings. The topological polar surface area (TPSA) is 105 Å². The second-order valence-electron chi connectivity index (χ2n) is 6.61. The Balaban J connectivity index is 2.24. The molecule has 0 aliphatic carbocycles. The van der Waals surface area contributed by atoms with Gasteiger partial charge in [0.2, 0.25) is 10.0 Å². The van der Waals surface area contributed by atoms with E-state index in [-0.39, 0.29) is 23.6 Å². The fourth-order valence-corrected chi connectivity index (χ4v) is 3.09. The molecule has 0 aliphatic rings. The number of benzene rings is 2. The Kier molecular flexibility index (Phi) is 7.32. The molecule has 2 aromatic rings. The summed E-state index contributed by atoms with van der Waals surface area (Å²) in [5.41, 5.74) is 0.915. The number of aliphatic hydroxyl groups excluding tert-OH is 1. The Morgan fingerprint density at radius 1 is 1.17 bits per heavy atom. The maximum absolute atomic E-state index is 12.4. The summed E-state index contributed by atoms with van der Waals surface area (Å²) in [6.45, 7) is 1.33. The summed E-state index contributed by atoms with van der Waals surface area (Å²) in [7, 11) is -3.71.